The van der Waals surface area contributed by atoms with E-state index in [1.54, 1.807) is 36.5 Å². The van der Waals surface area contributed by atoms with Gasteiger partial charge in [0.25, 0.3) is 15.7 Å². The van der Waals surface area contributed by atoms with Gasteiger partial charge in [0, 0.05) is 23.2 Å². The summed E-state index contributed by atoms with van der Waals surface area (Å²) in [5.74, 6) is -0.643. The van der Waals surface area contributed by atoms with E-state index in [9.17, 15) is 31.2 Å². The zero-order chi connectivity index (χ0) is 25.6. The number of hydrogen-bond acceptors (Lipinski definition) is 5. The lowest BCUT2D eigenvalue weighted by Crippen LogP contribution is -2.46. The summed E-state index contributed by atoms with van der Waals surface area (Å²) in [6, 6.07) is 13.1. The van der Waals surface area contributed by atoms with E-state index in [0.29, 0.717) is 28.4 Å². The highest BCUT2D eigenvalue weighted by molar-refractivity contribution is 7.92. The fourth-order valence-corrected chi connectivity index (χ4v) is 4.70. The van der Waals surface area contributed by atoms with Crippen LogP contribution in [0.5, 0.6) is 0 Å². The maximum absolute atomic E-state index is 13.2. The first-order chi connectivity index (χ1) is 16.3. The first-order valence-electron chi connectivity index (χ1n) is 10.1. The van der Waals surface area contributed by atoms with Crippen molar-refractivity contribution in [1.82, 2.24) is 10.3 Å². The molecule has 35 heavy (non-hydrogen) atoms. The molecular formula is C23H17ClF3N3O4S. The number of pyridine rings is 1. The number of rotatable bonds is 5. The van der Waals surface area contributed by atoms with Crippen LogP contribution >= 0.6 is 11.6 Å². The molecule has 4 rings (SSSR count). The van der Waals surface area contributed by atoms with Crippen molar-refractivity contribution in [3.05, 3.63) is 77.4 Å². The molecule has 1 aliphatic rings. The summed E-state index contributed by atoms with van der Waals surface area (Å²) in [5, 5.41) is 3.14. The third kappa shape index (κ3) is 4.61. The Kier molecular flexibility index (Phi) is 6.10. The fourth-order valence-electron chi connectivity index (χ4n) is 3.74. The van der Waals surface area contributed by atoms with E-state index >= 15 is 0 Å². The molecule has 3 amide bonds. The van der Waals surface area contributed by atoms with E-state index in [1.807, 2.05) is 6.07 Å². The van der Waals surface area contributed by atoms with E-state index < -0.39 is 37.7 Å². The molecule has 7 nitrogen and oxygen atoms in total. The Hall–Kier alpha value is -3.44. The van der Waals surface area contributed by atoms with Crippen LogP contribution < -0.4 is 10.2 Å². The molecule has 0 radical (unpaired) electrons. The number of aromatic nitrogens is 1. The lowest BCUT2D eigenvalue weighted by atomic mass is 9.92. The standard InChI is InChI=1S/C23H17ClF3N3O4S/c1-22(13-14-9-10-28-19(11-14)15-3-2-4-16(24)12-15)20(31)30(21(32)29-22)17-5-7-18(8-6-17)35(33,34)23(25,26)27/h2-12H,13H2,1H3,(H,29,32). The minimum absolute atomic E-state index is 0.0632. The van der Waals surface area contributed by atoms with Crippen LogP contribution in [0, 0.1) is 0 Å². The quantitative estimate of drug-likeness (QED) is 0.487. The molecule has 3 aromatic rings. The van der Waals surface area contributed by atoms with Crippen LogP contribution in [0.15, 0.2) is 71.8 Å². The molecule has 1 atom stereocenters. The largest absolute Gasteiger partial charge is 0.501 e. The second kappa shape index (κ2) is 8.65. The molecule has 1 fully saturated rings. The number of urea groups is 1. The lowest BCUT2D eigenvalue weighted by Gasteiger charge is -2.22. The van der Waals surface area contributed by atoms with Gasteiger partial charge in [0.15, 0.2) is 0 Å². The molecule has 182 valence electrons. The highest BCUT2D eigenvalue weighted by Gasteiger charge is 2.49. The molecule has 0 spiro atoms. The van der Waals surface area contributed by atoms with Crippen molar-refractivity contribution in [3.8, 4) is 11.3 Å². The van der Waals surface area contributed by atoms with Crippen molar-refractivity contribution in [2.45, 2.75) is 29.3 Å². The second-order valence-corrected chi connectivity index (χ2v) is 10.5. The molecule has 0 saturated carbocycles. The van der Waals surface area contributed by atoms with Gasteiger partial charge in [-0.1, -0.05) is 23.7 Å². The Morgan fingerprint density at radius 1 is 1.06 bits per heavy atom. The smallest absolute Gasteiger partial charge is 0.323 e. The number of nitrogens with one attached hydrogen (secondary N) is 1. The zero-order valence-corrected chi connectivity index (χ0v) is 19.6. The van der Waals surface area contributed by atoms with Crippen LogP contribution in [0.25, 0.3) is 11.3 Å². The van der Waals surface area contributed by atoms with E-state index in [1.165, 1.54) is 6.92 Å². The van der Waals surface area contributed by atoms with Crippen molar-refractivity contribution >= 4 is 39.1 Å². The van der Waals surface area contributed by atoms with Gasteiger partial charge in [-0.05, 0) is 61.0 Å². The van der Waals surface area contributed by atoms with E-state index in [0.717, 1.165) is 22.6 Å². The highest BCUT2D eigenvalue weighted by Crippen LogP contribution is 2.33. The fraction of sp³-hybridized carbons (Fsp3) is 0.174. The third-order valence-electron chi connectivity index (χ3n) is 5.47. The molecule has 1 N–H and O–H groups in total. The predicted octanol–water partition coefficient (Wildman–Crippen LogP) is 4.75. The van der Waals surface area contributed by atoms with Crippen molar-refractivity contribution in [1.29, 1.82) is 0 Å². The Balaban J connectivity index is 1.58. The Bertz CT molecular complexity index is 1430. The monoisotopic (exact) mass is 523 g/mol. The van der Waals surface area contributed by atoms with Gasteiger partial charge in [0.1, 0.15) is 5.54 Å². The first-order valence-corrected chi connectivity index (χ1v) is 12.0. The molecule has 12 heteroatoms. The first kappa shape index (κ1) is 24.7. The van der Waals surface area contributed by atoms with Gasteiger partial charge in [0.2, 0.25) is 0 Å². The van der Waals surface area contributed by atoms with E-state index in [-0.39, 0.29) is 12.1 Å². The Labute approximate surface area is 203 Å². The van der Waals surface area contributed by atoms with Crippen molar-refractivity contribution in [2.75, 3.05) is 4.90 Å². The summed E-state index contributed by atoms with van der Waals surface area (Å²) in [6.45, 7) is 1.52. The lowest BCUT2D eigenvalue weighted by molar-refractivity contribution is -0.121. The van der Waals surface area contributed by atoms with Crippen LogP contribution in [0.3, 0.4) is 0 Å². The number of carbonyl (C=O) groups excluding carboxylic acids is 2. The van der Waals surface area contributed by atoms with Crippen LogP contribution in [-0.2, 0) is 21.1 Å². The van der Waals surface area contributed by atoms with Crippen LogP contribution in [0.2, 0.25) is 5.02 Å². The number of imide groups is 1. The zero-order valence-electron chi connectivity index (χ0n) is 18.0. The minimum atomic E-state index is -5.56. The number of nitrogens with zero attached hydrogens (tertiary/aromatic N) is 2. The predicted molar refractivity (Wildman–Crippen MR) is 122 cm³/mol. The maximum atomic E-state index is 13.2. The Morgan fingerprint density at radius 2 is 1.74 bits per heavy atom. The highest BCUT2D eigenvalue weighted by atomic mass is 35.5. The van der Waals surface area contributed by atoms with Gasteiger partial charge in [-0.3, -0.25) is 9.78 Å². The van der Waals surface area contributed by atoms with Gasteiger partial charge in [-0.2, -0.15) is 13.2 Å². The van der Waals surface area contributed by atoms with Gasteiger partial charge < -0.3 is 5.32 Å². The summed E-state index contributed by atoms with van der Waals surface area (Å²) in [5.41, 5.74) is -4.82. The van der Waals surface area contributed by atoms with Crippen LogP contribution in [-0.4, -0.2) is 36.4 Å². The van der Waals surface area contributed by atoms with Gasteiger partial charge in [0.05, 0.1) is 16.3 Å². The molecule has 1 unspecified atom stereocenters. The number of halogens is 4. The number of anilines is 1. The van der Waals surface area contributed by atoms with Gasteiger partial charge in [-0.25, -0.2) is 18.1 Å². The van der Waals surface area contributed by atoms with E-state index in [4.69, 9.17) is 11.6 Å². The number of carbonyl (C=O) groups is 2. The number of alkyl halides is 3. The summed E-state index contributed by atoms with van der Waals surface area (Å²) in [4.78, 5) is 29.9. The minimum Gasteiger partial charge on any atom is -0.323 e. The molecule has 1 aromatic heterocycles. The number of benzene rings is 2. The van der Waals surface area contributed by atoms with Crippen molar-refractivity contribution < 1.29 is 31.2 Å². The second-order valence-electron chi connectivity index (χ2n) is 8.08. The van der Waals surface area contributed by atoms with Gasteiger partial charge in [-0.15, -0.1) is 0 Å². The number of amides is 3. The van der Waals surface area contributed by atoms with Crippen LogP contribution in [0.4, 0.5) is 23.7 Å². The van der Waals surface area contributed by atoms with Crippen LogP contribution in [0.1, 0.15) is 12.5 Å². The SMILES string of the molecule is CC1(Cc2ccnc(-c3cccc(Cl)c3)c2)NC(=O)N(c2ccc(S(=O)(=O)C(F)(F)F)cc2)C1=O. The Morgan fingerprint density at radius 3 is 2.37 bits per heavy atom. The molecule has 0 bridgehead atoms. The topological polar surface area (TPSA) is 96.4 Å². The summed E-state index contributed by atoms with van der Waals surface area (Å²) in [7, 11) is -5.56. The average Bonchev–Trinajstić information content (AvgIpc) is 3.01. The maximum Gasteiger partial charge on any atom is 0.501 e. The summed E-state index contributed by atoms with van der Waals surface area (Å²) < 4.78 is 61.5. The average molecular weight is 524 g/mol. The molecule has 2 heterocycles. The number of sulfone groups is 1. The molecule has 1 saturated heterocycles. The summed E-state index contributed by atoms with van der Waals surface area (Å²) in [6.07, 6.45) is 1.67. The number of hydrogen-bond donors (Lipinski definition) is 1. The van der Waals surface area contributed by atoms with E-state index in [2.05, 4.69) is 10.3 Å². The third-order valence-corrected chi connectivity index (χ3v) is 7.21. The molecule has 0 aliphatic carbocycles. The van der Waals surface area contributed by atoms with Crippen molar-refractivity contribution in [3.63, 3.8) is 0 Å². The molecular weight excluding hydrogens is 507 g/mol. The van der Waals surface area contributed by atoms with Gasteiger partial charge >= 0.3 is 11.5 Å². The molecule has 2 aromatic carbocycles. The molecule has 1 aliphatic heterocycles. The summed E-state index contributed by atoms with van der Waals surface area (Å²) >= 11 is 6.05. The van der Waals surface area contributed by atoms with Crippen molar-refractivity contribution in [2.24, 2.45) is 0 Å². The normalized spacial score (nSPS) is 18.6.